The van der Waals surface area contributed by atoms with Gasteiger partial charge in [0.1, 0.15) is 10.6 Å². The minimum absolute atomic E-state index is 0.233. The van der Waals surface area contributed by atoms with Crippen molar-refractivity contribution in [3.63, 3.8) is 0 Å². The van der Waals surface area contributed by atoms with Crippen molar-refractivity contribution in [1.82, 2.24) is 4.98 Å². The number of aryl methyl sites for hydroxylation is 1. The molecular formula is C17H20N2O4S. The zero-order valence-corrected chi connectivity index (χ0v) is 15.1. The van der Waals surface area contributed by atoms with Crippen molar-refractivity contribution in [2.75, 3.05) is 19.5 Å². The maximum absolute atomic E-state index is 12.6. The van der Waals surface area contributed by atoms with E-state index in [1.807, 2.05) is 13.8 Å². The van der Waals surface area contributed by atoms with Gasteiger partial charge in [0.2, 0.25) is 0 Å². The van der Waals surface area contributed by atoms with E-state index >= 15 is 0 Å². The Hall–Kier alpha value is -2.41. The molecule has 0 saturated carbocycles. The van der Waals surface area contributed by atoms with Crippen LogP contribution in [0, 0.1) is 6.92 Å². The number of aromatic nitrogens is 1. The Bertz CT molecular complexity index is 768. The highest BCUT2D eigenvalue weighted by atomic mass is 32.1. The molecular weight excluding hydrogens is 328 g/mol. The molecule has 1 N–H and O–H groups in total. The summed E-state index contributed by atoms with van der Waals surface area (Å²) in [6.45, 7) is 5.85. The largest absolute Gasteiger partial charge is 0.497 e. The third-order valence-corrected chi connectivity index (χ3v) is 4.85. The number of carbonyl (C=O) groups excluding carboxylic acids is 2. The number of amides is 1. The van der Waals surface area contributed by atoms with Gasteiger partial charge in [-0.15, -0.1) is 11.3 Å². The summed E-state index contributed by atoms with van der Waals surface area (Å²) in [5.41, 5.74) is 1.28. The van der Waals surface area contributed by atoms with Gasteiger partial charge in [0.15, 0.2) is 0 Å². The fourth-order valence-corrected chi connectivity index (χ4v) is 3.06. The predicted molar refractivity (Wildman–Crippen MR) is 93.2 cm³/mol. The average Bonchev–Trinajstić information content (AvgIpc) is 2.96. The van der Waals surface area contributed by atoms with Gasteiger partial charge in [-0.3, -0.25) is 4.79 Å². The van der Waals surface area contributed by atoms with Gasteiger partial charge in [0.05, 0.1) is 36.2 Å². The van der Waals surface area contributed by atoms with E-state index in [1.165, 1.54) is 31.6 Å². The molecule has 128 valence electrons. The number of nitrogens with zero attached hydrogens (tertiary/aromatic N) is 1. The SMILES string of the molecule is COC(=O)c1cc(OC)ccc1NC(=O)c1sc(C(C)C)nc1C. The molecule has 0 aliphatic carbocycles. The minimum Gasteiger partial charge on any atom is -0.497 e. The third kappa shape index (κ3) is 3.73. The number of thiazole rings is 1. The minimum atomic E-state index is -0.548. The van der Waals surface area contributed by atoms with Gasteiger partial charge in [-0.25, -0.2) is 9.78 Å². The van der Waals surface area contributed by atoms with Gasteiger partial charge in [-0.1, -0.05) is 13.8 Å². The van der Waals surface area contributed by atoms with Crippen molar-refractivity contribution >= 4 is 28.9 Å². The van der Waals surface area contributed by atoms with E-state index < -0.39 is 5.97 Å². The topological polar surface area (TPSA) is 77.5 Å². The molecule has 1 aromatic carbocycles. The fraction of sp³-hybridized carbons (Fsp3) is 0.353. The van der Waals surface area contributed by atoms with E-state index in [9.17, 15) is 9.59 Å². The summed E-state index contributed by atoms with van der Waals surface area (Å²) in [6.07, 6.45) is 0. The molecule has 1 heterocycles. The third-order valence-electron chi connectivity index (χ3n) is 3.39. The summed E-state index contributed by atoms with van der Waals surface area (Å²) in [7, 11) is 2.79. The lowest BCUT2D eigenvalue weighted by Gasteiger charge is -2.11. The Kier molecular flexibility index (Phi) is 5.56. The number of hydrogen-bond acceptors (Lipinski definition) is 6. The van der Waals surface area contributed by atoms with E-state index in [4.69, 9.17) is 9.47 Å². The highest BCUT2D eigenvalue weighted by Gasteiger charge is 2.20. The fourth-order valence-electron chi connectivity index (χ4n) is 2.09. The molecule has 1 aromatic heterocycles. The van der Waals surface area contributed by atoms with Crippen molar-refractivity contribution in [2.24, 2.45) is 0 Å². The van der Waals surface area contributed by atoms with Crippen LogP contribution in [0.4, 0.5) is 5.69 Å². The summed E-state index contributed by atoms with van der Waals surface area (Å²) >= 11 is 1.36. The molecule has 0 aliphatic heterocycles. The molecule has 2 rings (SSSR count). The van der Waals surface area contributed by atoms with Crippen molar-refractivity contribution in [2.45, 2.75) is 26.7 Å². The number of rotatable bonds is 5. The summed E-state index contributed by atoms with van der Waals surface area (Å²) in [5, 5.41) is 3.66. The molecule has 7 heteroatoms. The van der Waals surface area contributed by atoms with Crippen LogP contribution < -0.4 is 10.1 Å². The summed E-state index contributed by atoms with van der Waals surface area (Å²) in [6, 6.07) is 4.81. The van der Waals surface area contributed by atoms with Gasteiger partial charge in [0.25, 0.3) is 5.91 Å². The van der Waals surface area contributed by atoms with Crippen LogP contribution >= 0.6 is 11.3 Å². The first-order valence-corrected chi connectivity index (χ1v) is 8.24. The van der Waals surface area contributed by atoms with Crippen LogP contribution in [0.3, 0.4) is 0 Å². The Labute approximate surface area is 144 Å². The monoisotopic (exact) mass is 348 g/mol. The quantitative estimate of drug-likeness (QED) is 0.835. The number of hydrogen-bond donors (Lipinski definition) is 1. The van der Waals surface area contributed by atoms with Crippen LogP contribution in [0.1, 0.15) is 50.5 Å². The molecule has 0 bridgehead atoms. The lowest BCUT2D eigenvalue weighted by molar-refractivity contribution is 0.0601. The van der Waals surface area contributed by atoms with Gasteiger partial charge < -0.3 is 14.8 Å². The Morgan fingerprint density at radius 2 is 1.96 bits per heavy atom. The number of carbonyl (C=O) groups is 2. The summed E-state index contributed by atoms with van der Waals surface area (Å²) < 4.78 is 9.88. The number of anilines is 1. The lowest BCUT2D eigenvalue weighted by Crippen LogP contribution is -2.15. The van der Waals surface area contributed by atoms with Gasteiger partial charge in [0, 0.05) is 5.92 Å². The normalized spacial score (nSPS) is 10.6. The summed E-state index contributed by atoms with van der Waals surface area (Å²) in [5.74, 6) is -0.0911. The Morgan fingerprint density at radius 1 is 1.25 bits per heavy atom. The van der Waals surface area contributed by atoms with E-state index in [0.717, 1.165) is 5.01 Å². The second-order valence-electron chi connectivity index (χ2n) is 5.48. The smallest absolute Gasteiger partial charge is 0.340 e. The van der Waals surface area contributed by atoms with Crippen LogP contribution in [0.25, 0.3) is 0 Å². The number of nitrogens with one attached hydrogen (secondary N) is 1. The molecule has 0 spiro atoms. The first-order chi connectivity index (χ1) is 11.4. The van der Waals surface area contributed by atoms with Crippen LogP contribution in [0.5, 0.6) is 5.75 Å². The first kappa shape index (κ1) is 17.9. The van der Waals surface area contributed by atoms with Gasteiger partial charge >= 0.3 is 5.97 Å². The van der Waals surface area contributed by atoms with E-state index in [-0.39, 0.29) is 17.4 Å². The molecule has 0 fully saturated rings. The first-order valence-electron chi connectivity index (χ1n) is 7.42. The molecule has 0 unspecified atom stereocenters. The number of esters is 1. The number of methoxy groups -OCH3 is 2. The molecule has 6 nitrogen and oxygen atoms in total. The zero-order valence-electron chi connectivity index (χ0n) is 14.3. The molecule has 0 aliphatic rings. The second-order valence-corrected chi connectivity index (χ2v) is 6.51. The molecule has 1 amide bonds. The standard InChI is InChI=1S/C17H20N2O4S/c1-9(2)16-18-10(3)14(24-16)15(20)19-13-7-6-11(22-4)8-12(13)17(21)23-5/h6-9H,1-5H3,(H,19,20). The maximum Gasteiger partial charge on any atom is 0.340 e. The molecule has 2 aromatic rings. The Balaban J connectivity index is 2.33. The van der Waals surface area contributed by atoms with Crippen LogP contribution in [-0.4, -0.2) is 31.1 Å². The molecule has 0 saturated heterocycles. The van der Waals surface area contributed by atoms with Crippen LogP contribution in [-0.2, 0) is 4.74 Å². The van der Waals surface area contributed by atoms with Gasteiger partial charge in [-0.05, 0) is 25.1 Å². The lowest BCUT2D eigenvalue weighted by atomic mass is 10.1. The molecule has 24 heavy (non-hydrogen) atoms. The second kappa shape index (κ2) is 7.44. The van der Waals surface area contributed by atoms with Crippen LogP contribution in [0.2, 0.25) is 0 Å². The van der Waals surface area contributed by atoms with E-state index in [2.05, 4.69) is 10.3 Å². The van der Waals surface area contributed by atoms with E-state index in [1.54, 1.807) is 19.1 Å². The van der Waals surface area contributed by atoms with Gasteiger partial charge in [-0.2, -0.15) is 0 Å². The Morgan fingerprint density at radius 3 is 2.50 bits per heavy atom. The maximum atomic E-state index is 12.6. The van der Waals surface area contributed by atoms with Crippen molar-refractivity contribution in [1.29, 1.82) is 0 Å². The van der Waals surface area contributed by atoms with Crippen molar-refractivity contribution in [3.05, 3.63) is 39.3 Å². The van der Waals surface area contributed by atoms with E-state index in [0.29, 0.717) is 22.0 Å². The number of benzene rings is 1. The number of ether oxygens (including phenoxy) is 2. The average molecular weight is 348 g/mol. The highest BCUT2D eigenvalue weighted by Crippen LogP contribution is 2.27. The van der Waals surface area contributed by atoms with Crippen LogP contribution in [0.15, 0.2) is 18.2 Å². The highest BCUT2D eigenvalue weighted by molar-refractivity contribution is 7.14. The summed E-state index contributed by atoms with van der Waals surface area (Å²) in [4.78, 5) is 29.5. The van der Waals surface area contributed by atoms with Crippen molar-refractivity contribution < 1.29 is 19.1 Å². The molecule has 0 radical (unpaired) electrons. The molecule has 0 atom stereocenters. The predicted octanol–water partition coefficient (Wildman–Crippen LogP) is 3.62. The van der Waals surface area contributed by atoms with Crippen molar-refractivity contribution in [3.8, 4) is 5.75 Å². The zero-order chi connectivity index (χ0) is 17.9.